The highest BCUT2D eigenvalue weighted by atomic mass is 16.7. The molecule has 37 heavy (non-hydrogen) atoms. The van der Waals surface area contributed by atoms with Crippen LogP contribution in [0, 0.1) is 11.3 Å². The molecular weight excluding hydrogens is 470 g/mol. The van der Waals surface area contributed by atoms with Crippen molar-refractivity contribution in [3.05, 3.63) is 23.8 Å². The Morgan fingerprint density at radius 2 is 1.70 bits per heavy atom. The van der Waals surface area contributed by atoms with E-state index in [1.165, 1.54) is 32.1 Å². The van der Waals surface area contributed by atoms with Gasteiger partial charge in [0.15, 0.2) is 18.3 Å². The zero-order valence-corrected chi connectivity index (χ0v) is 23.4. The van der Waals surface area contributed by atoms with E-state index in [2.05, 4.69) is 11.8 Å². The smallest absolute Gasteiger partial charge is 0.313 e. The van der Waals surface area contributed by atoms with Gasteiger partial charge in [-0.2, -0.15) is 0 Å². The van der Waals surface area contributed by atoms with Crippen LogP contribution in [0.25, 0.3) is 0 Å². The van der Waals surface area contributed by atoms with Gasteiger partial charge in [-0.25, -0.2) is 0 Å². The lowest BCUT2D eigenvalue weighted by Gasteiger charge is -2.31. The molecule has 2 atom stereocenters. The van der Waals surface area contributed by atoms with E-state index in [0.29, 0.717) is 37.6 Å². The molecule has 2 aliphatic heterocycles. The molecule has 1 aromatic rings. The van der Waals surface area contributed by atoms with Crippen molar-refractivity contribution in [2.75, 3.05) is 39.6 Å². The molecule has 1 saturated heterocycles. The average Bonchev–Trinajstić information content (AvgIpc) is 3.38. The van der Waals surface area contributed by atoms with Crippen molar-refractivity contribution in [2.45, 2.75) is 91.6 Å². The monoisotopic (exact) mass is 517 g/mol. The van der Waals surface area contributed by atoms with Crippen LogP contribution >= 0.6 is 0 Å². The van der Waals surface area contributed by atoms with E-state index in [4.69, 9.17) is 18.9 Å². The normalized spacial score (nSPS) is 17.4. The van der Waals surface area contributed by atoms with E-state index in [1.807, 2.05) is 39.0 Å². The number of likely N-dealkylation sites (tertiary alicyclic amines) is 1. The van der Waals surface area contributed by atoms with Crippen molar-refractivity contribution >= 4 is 11.8 Å². The number of hydrogen-bond donors (Lipinski definition) is 0. The molecule has 208 valence electrons. The maximum atomic E-state index is 13.1. The first-order chi connectivity index (χ1) is 17.8. The molecule has 1 fully saturated rings. The molecule has 7 heteroatoms. The van der Waals surface area contributed by atoms with Crippen LogP contribution in [0.1, 0.15) is 97.1 Å². The Morgan fingerprint density at radius 1 is 1.00 bits per heavy atom. The van der Waals surface area contributed by atoms with Gasteiger partial charge in [0.1, 0.15) is 19.0 Å². The van der Waals surface area contributed by atoms with Crippen LogP contribution in [0.2, 0.25) is 0 Å². The second-order valence-electron chi connectivity index (χ2n) is 11.5. The zero-order chi connectivity index (χ0) is 26.7. The summed E-state index contributed by atoms with van der Waals surface area (Å²) in [4.78, 5) is 28.0. The summed E-state index contributed by atoms with van der Waals surface area (Å²) in [5, 5.41) is 0. The number of benzene rings is 1. The molecule has 7 nitrogen and oxygen atoms in total. The summed E-state index contributed by atoms with van der Waals surface area (Å²) >= 11 is 0. The fourth-order valence-corrected chi connectivity index (χ4v) is 5.00. The van der Waals surface area contributed by atoms with Crippen LogP contribution in [0.5, 0.6) is 11.5 Å². The summed E-state index contributed by atoms with van der Waals surface area (Å²) < 4.78 is 23.3. The van der Waals surface area contributed by atoms with Gasteiger partial charge in [0.2, 0.25) is 0 Å². The summed E-state index contributed by atoms with van der Waals surface area (Å²) in [7, 11) is 0. The highest BCUT2D eigenvalue weighted by Crippen LogP contribution is 2.38. The maximum absolute atomic E-state index is 13.1. The van der Waals surface area contributed by atoms with Gasteiger partial charge in [-0.05, 0) is 70.8 Å². The van der Waals surface area contributed by atoms with Gasteiger partial charge >= 0.3 is 5.97 Å². The Bertz CT molecular complexity index is 858. The first-order valence-electron chi connectivity index (χ1n) is 14.2. The first-order valence-corrected chi connectivity index (χ1v) is 14.2. The lowest BCUT2D eigenvalue weighted by atomic mass is 9.89. The van der Waals surface area contributed by atoms with E-state index in [9.17, 15) is 9.59 Å². The molecule has 0 aromatic heterocycles. The number of hydrogen-bond acceptors (Lipinski definition) is 7. The number of esters is 1. The molecule has 2 aliphatic rings. The number of carbonyl (C=O) groups excluding carboxylic acids is 2. The van der Waals surface area contributed by atoms with E-state index in [-0.39, 0.29) is 24.5 Å². The van der Waals surface area contributed by atoms with Crippen LogP contribution in [0.15, 0.2) is 18.2 Å². The summed E-state index contributed by atoms with van der Waals surface area (Å²) in [5.41, 5.74) is 0.300. The average molecular weight is 518 g/mol. The fourth-order valence-electron chi connectivity index (χ4n) is 5.00. The summed E-state index contributed by atoms with van der Waals surface area (Å²) in [6.07, 6.45) is 8.63. The minimum absolute atomic E-state index is 0.0582. The lowest BCUT2D eigenvalue weighted by molar-refractivity contribution is -0.174. The van der Waals surface area contributed by atoms with Gasteiger partial charge in [0, 0.05) is 25.3 Å². The molecule has 0 N–H and O–H groups in total. The minimum Gasteiger partial charge on any atom is -0.486 e. The SMILES string of the molecule is CCCCCCCC(=O)C[C@H](CN1CCCC1)[C@H](OCOC(=O)C(C)(C)C)c1ccc2c(c1)OCCO2. The Hall–Kier alpha value is -2.12. The summed E-state index contributed by atoms with van der Waals surface area (Å²) in [5.74, 6) is 1.31. The van der Waals surface area contributed by atoms with E-state index >= 15 is 0 Å². The van der Waals surface area contributed by atoms with Gasteiger partial charge in [-0.3, -0.25) is 9.59 Å². The maximum Gasteiger partial charge on any atom is 0.313 e. The molecule has 0 amide bonds. The van der Waals surface area contributed by atoms with Gasteiger partial charge in [0.25, 0.3) is 0 Å². The van der Waals surface area contributed by atoms with Gasteiger partial charge in [-0.1, -0.05) is 38.7 Å². The standard InChI is InChI=1S/C30H47NO6/c1-5-6-7-8-9-12-25(32)19-24(21-31-15-10-11-16-31)28(36-22-37-29(33)30(2,3)4)23-13-14-26-27(20-23)35-18-17-34-26/h13-14,20,24,28H,5-12,15-19,21-22H2,1-4H3/t24-,28-/m1/s1. The molecule has 0 bridgehead atoms. The minimum atomic E-state index is -0.613. The Balaban J connectivity index is 1.77. The predicted molar refractivity (Wildman–Crippen MR) is 144 cm³/mol. The fraction of sp³-hybridized carbons (Fsp3) is 0.733. The molecule has 2 heterocycles. The second-order valence-corrected chi connectivity index (χ2v) is 11.5. The second kappa shape index (κ2) is 14.7. The molecule has 0 saturated carbocycles. The van der Waals surface area contributed by atoms with Crippen molar-refractivity contribution in [1.82, 2.24) is 4.90 Å². The lowest BCUT2D eigenvalue weighted by Crippen LogP contribution is -2.33. The van der Waals surface area contributed by atoms with Crippen molar-refractivity contribution in [3.8, 4) is 11.5 Å². The number of unbranched alkanes of at least 4 members (excludes halogenated alkanes) is 4. The summed E-state index contributed by atoms with van der Waals surface area (Å²) in [6.45, 7) is 11.4. The van der Waals surface area contributed by atoms with E-state index in [1.54, 1.807) is 0 Å². The largest absolute Gasteiger partial charge is 0.486 e. The molecule has 3 rings (SSSR count). The van der Waals surface area contributed by atoms with Gasteiger partial charge in [-0.15, -0.1) is 0 Å². The molecular formula is C30H47NO6. The van der Waals surface area contributed by atoms with Crippen molar-refractivity contribution in [3.63, 3.8) is 0 Å². The molecule has 0 aliphatic carbocycles. The van der Waals surface area contributed by atoms with Crippen LogP contribution in [0.3, 0.4) is 0 Å². The van der Waals surface area contributed by atoms with Crippen LogP contribution in [-0.4, -0.2) is 56.3 Å². The third-order valence-electron chi connectivity index (χ3n) is 7.11. The van der Waals surface area contributed by atoms with Gasteiger partial charge < -0.3 is 23.8 Å². The molecule has 0 radical (unpaired) electrons. The van der Waals surface area contributed by atoms with Crippen molar-refractivity contribution < 1.29 is 28.5 Å². The zero-order valence-electron chi connectivity index (χ0n) is 23.4. The van der Waals surface area contributed by atoms with Crippen LogP contribution < -0.4 is 9.47 Å². The number of carbonyl (C=O) groups is 2. The molecule has 1 aromatic carbocycles. The summed E-state index contributed by atoms with van der Waals surface area (Å²) in [6, 6.07) is 5.84. The third kappa shape index (κ3) is 9.60. The Morgan fingerprint density at radius 3 is 2.41 bits per heavy atom. The van der Waals surface area contributed by atoms with Crippen LogP contribution in [-0.2, 0) is 19.1 Å². The van der Waals surface area contributed by atoms with Crippen molar-refractivity contribution in [2.24, 2.45) is 11.3 Å². The van der Waals surface area contributed by atoms with E-state index < -0.39 is 11.5 Å². The topological polar surface area (TPSA) is 74.3 Å². The number of rotatable bonds is 15. The van der Waals surface area contributed by atoms with E-state index in [0.717, 1.165) is 38.0 Å². The number of Topliss-reactive ketones (excluding diaryl/α,β-unsaturated/α-hetero) is 1. The van der Waals surface area contributed by atoms with Crippen molar-refractivity contribution in [1.29, 1.82) is 0 Å². The highest BCUT2D eigenvalue weighted by Gasteiger charge is 2.31. The number of ether oxygens (including phenoxy) is 4. The number of fused-ring (bicyclic) bond motifs is 1. The van der Waals surface area contributed by atoms with Gasteiger partial charge in [0.05, 0.1) is 11.5 Å². The highest BCUT2D eigenvalue weighted by molar-refractivity contribution is 5.78. The Labute approximate surface area is 223 Å². The Kier molecular flexibility index (Phi) is 11.7. The third-order valence-corrected chi connectivity index (χ3v) is 7.11. The van der Waals surface area contributed by atoms with Crippen LogP contribution in [0.4, 0.5) is 0 Å². The number of nitrogens with zero attached hydrogens (tertiary/aromatic N) is 1. The molecule has 0 unspecified atom stereocenters. The first kappa shape index (κ1) is 29.4. The molecule has 0 spiro atoms. The predicted octanol–water partition coefficient (Wildman–Crippen LogP) is 6.09. The quantitative estimate of drug-likeness (QED) is 0.158. The number of ketones is 1.